The van der Waals surface area contributed by atoms with Crippen LogP contribution in [0.3, 0.4) is 0 Å². The molecule has 2 N–H and O–H groups in total. The Hall–Kier alpha value is -5.74. The van der Waals surface area contributed by atoms with E-state index in [1.807, 2.05) is 48.5 Å². The zero-order valence-electron chi connectivity index (χ0n) is 42.9. The Labute approximate surface area is 383 Å². The van der Waals surface area contributed by atoms with Crippen LogP contribution in [0, 0.1) is 104 Å². The molecule has 0 spiro atoms. The maximum atomic E-state index is 11.4. The lowest BCUT2D eigenvalue weighted by Crippen LogP contribution is -2.07. The van der Waals surface area contributed by atoms with Gasteiger partial charge in [0.25, 0.3) is 0 Å². The summed E-state index contributed by atoms with van der Waals surface area (Å²) in [7, 11) is 0. The van der Waals surface area contributed by atoms with Gasteiger partial charge in [0.2, 0.25) is 0 Å². The average molecular weight is 853 g/mol. The Morgan fingerprint density at radius 2 is 0.635 bits per heavy atom. The highest BCUT2D eigenvalue weighted by Crippen LogP contribution is 2.33. The number of hydrogen-bond acceptors (Lipinski definition) is 2. The molecular formula is C59H80O4. The number of rotatable bonds is 4. The van der Waals surface area contributed by atoms with E-state index < -0.39 is 11.9 Å². The monoisotopic (exact) mass is 853 g/mol. The summed E-state index contributed by atoms with van der Waals surface area (Å²) in [5.74, 6) is -1.96. The number of hydrogen-bond donors (Lipinski definition) is 2. The summed E-state index contributed by atoms with van der Waals surface area (Å²) in [6.45, 7) is 43.5. The number of carboxylic acid groups (broad SMARTS) is 2. The van der Waals surface area contributed by atoms with Crippen LogP contribution in [0.2, 0.25) is 0 Å². The topological polar surface area (TPSA) is 74.6 Å². The Morgan fingerprint density at radius 3 is 1.05 bits per heavy atom. The van der Waals surface area contributed by atoms with Gasteiger partial charge in [-0.25, -0.2) is 9.59 Å². The third-order valence-corrected chi connectivity index (χ3v) is 11.8. The first-order chi connectivity index (χ1) is 29.7. The Balaban J connectivity index is 0.000000819. The van der Waals surface area contributed by atoms with Gasteiger partial charge in [0.05, 0.1) is 11.1 Å². The quantitative estimate of drug-likeness (QED) is 0.185. The van der Waals surface area contributed by atoms with Gasteiger partial charge in [-0.05, 0) is 216 Å². The average Bonchev–Trinajstić information content (AvgIpc) is 3.28. The second-order valence-electron chi connectivity index (χ2n) is 15.4. The molecule has 0 bridgehead atoms. The molecule has 63 heavy (non-hydrogen) atoms. The molecule has 0 aliphatic heterocycles. The summed E-state index contributed by atoms with van der Waals surface area (Å²) >= 11 is 0. The summed E-state index contributed by atoms with van der Waals surface area (Å²) in [6.07, 6.45) is 0. The van der Waals surface area contributed by atoms with Crippen LogP contribution in [0.5, 0.6) is 0 Å². The predicted molar refractivity (Wildman–Crippen MR) is 276 cm³/mol. The van der Waals surface area contributed by atoms with Gasteiger partial charge < -0.3 is 10.2 Å². The van der Waals surface area contributed by atoms with Crippen LogP contribution in [-0.4, -0.2) is 22.2 Å². The second kappa shape index (κ2) is 28.1. The van der Waals surface area contributed by atoms with Crippen LogP contribution in [0.25, 0.3) is 22.3 Å². The van der Waals surface area contributed by atoms with Crippen molar-refractivity contribution in [2.45, 2.75) is 145 Å². The maximum Gasteiger partial charge on any atom is 0.336 e. The summed E-state index contributed by atoms with van der Waals surface area (Å²) in [4.78, 5) is 22.7. The van der Waals surface area contributed by atoms with Crippen molar-refractivity contribution in [2.75, 3.05) is 0 Å². The Morgan fingerprint density at radius 1 is 0.302 bits per heavy atom. The van der Waals surface area contributed by atoms with Crippen molar-refractivity contribution in [2.24, 2.45) is 0 Å². The van der Waals surface area contributed by atoms with Crippen molar-refractivity contribution in [1.82, 2.24) is 0 Å². The third kappa shape index (κ3) is 15.5. The minimum absolute atomic E-state index is 0.211. The van der Waals surface area contributed by atoms with Crippen molar-refractivity contribution in [3.63, 3.8) is 0 Å². The van der Waals surface area contributed by atoms with E-state index in [0.717, 1.165) is 11.1 Å². The van der Waals surface area contributed by atoms with E-state index >= 15 is 0 Å². The number of carboxylic acids is 2. The molecule has 0 fully saturated rings. The van der Waals surface area contributed by atoms with Crippen molar-refractivity contribution in [1.29, 1.82) is 0 Å². The molecule has 0 unspecified atom stereocenters. The van der Waals surface area contributed by atoms with Crippen LogP contribution < -0.4 is 0 Å². The molecule has 0 amide bonds. The minimum Gasteiger partial charge on any atom is -0.478 e. The van der Waals surface area contributed by atoms with Crippen LogP contribution in [0.4, 0.5) is 0 Å². The summed E-state index contributed by atoms with van der Waals surface area (Å²) in [5.41, 5.74) is 23.5. The highest BCUT2D eigenvalue weighted by atomic mass is 16.4. The summed E-state index contributed by atoms with van der Waals surface area (Å²) in [6, 6.07) is 30.0. The number of carbonyl (C=O) groups is 2. The molecule has 0 aromatic heterocycles. The van der Waals surface area contributed by atoms with E-state index in [1.165, 1.54) is 77.9 Å². The van der Waals surface area contributed by atoms with Gasteiger partial charge in [-0.3, -0.25) is 0 Å². The van der Waals surface area contributed by atoms with E-state index in [4.69, 9.17) is 0 Å². The van der Waals surface area contributed by atoms with E-state index in [2.05, 4.69) is 144 Å². The zero-order valence-corrected chi connectivity index (χ0v) is 42.9. The van der Waals surface area contributed by atoms with Crippen LogP contribution in [-0.2, 0) is 0 Å². The molecule has 0 heterocycles. The third-order valence-electron chi connectivity index (χ3n) is 11.8. The summed E-state index contributed by atoms with van der Waals surface area (Å²) < 4.78 is 0. The van der Waals surface area contributed by atoms with Gasteiger partial charge in [0.1, 0.15) is 0 Å². The normalized spacial score (nSPS) is 9.60. The standard InChI is InChI=1S/C17H16O4.C17H20.C11H16.C8H10.3C2H6/c1-9-8-14(10(2)11(3)15(9)17(20)21)12-6-4-5-7-13(12)16(18)19;1-11-8-6-7-9-16(11)17-10-12(2)13(3)14(4)15(17)5;1-7-6-8(2)10(4)11(5)9(7)3;1-7-5-3-4-6-8(7)2;3*1-2/h4-8H,1-3H3,(H,18,19)(H,20,21);6-10H,1-5H3;6H,1-5H3;3-6H,1-2H3;3*1-2H3. The predicted octanol–water partition coefficient (Wildman–Crippen LogP) is 17.2. The van der Waals surface area contributed by atoms with E-state index in [9.17, 15) is 19.8 Å². The fourth-order valence-electron chi connectivity index (χ4n) is 7.04. The van der Waals surface area contributed by atoms with Crippen LogP contribution in [0.1, 0.15) is 146 Å². The highest BCUT2D eigenvalue weighted by Gasteiger charge is 2.19. The first-order valence-corrected chi connectivity index (χ1v) is 22.6. The van der Waals surface area contributed by atoms with Gasteiger partial charge in [-0.15, -0.1) is 0 Å². The molecule has 0 atom stereocenters. The molecule has 4 heteroatoms. The van der Waals surface area contributed by atoms with Crippen molar-refractivity contribution >= 4 is 11.9 Å². The molecule has 0 aliphatic rings. The Bertz CT molecular complexity index is 2360. The van der Waals surface area contributed by atoms with E-state index in [1.54, 1.807) is 44.2 Å². The number of benzene rings is 6. The molecule has 6 rings (SSSR count). The smallest absolute Gasteiger partial charge is 0.336 e. The van der Waals surface area contributed by atoms with Crippen molar-refractivity contribution in [3.8, 4) is 22.3 Å². The molecule has 6 aromatic carbocycles. The molecular weight excluding hydrogens is 773 g/mol. The fraction of sp³-hybridized carbons (Fsp3) is 0.356. The molecule has 0 radical (unpaired) electrons. The first-order valence-electron chi connectivity index (χ1n) is 22.6. The molecule has 6 aromatic rings. The zero-order chi connectivity index (χ0) is 48.9. The summed E-state index contributed by atoms with van der Waals surface area (Å²) in [5, 5.41) is 18.6. The van der Waals surface area contributed by atoms with Crippen molar-refractivity contribution in [3.05, 3.63) is 186 Å². The lowest BCUT2D eigenvalue weighted by molar-refractivity contribution is 0.0685. The number of aromatic carboxylic acids is 2. The minimum atomic E-state index is -0.998. The first kappa shape index (κ1) is 57.3. The molecule has 0 saturated carbocycles. The second-order valence-corrected chi connectivity index (χ2v) is 15.4. The van der Waals surface area contributed by atoms with Gasteiger partial charge >= 0.3 is 11.9 Å². The van der Waals surface area contributed by atoms with Crippen LogP contribution in [0.15, 0.2) is 91.0 Å². The molecule has 340 valence electrons. The van der Waals surface area contributed by atoms with Crippen LogP contribution >= 0.6 is 0 Å². The van der Waals surface area contributed by atoms with Gasteiger partial charge in [-0.1, -0.05) is 126 Å². The molecule has 4 nitrogen and oxygen atoms in total. The van der Waals surface area contributed by atoms with Crippen molar-refractivity contribution < 1.29 is 19.8 Å². The van der Waals surface area contributed by atoms with E-state index in [0.29, 0.717) is 16.7 Å². The van der Waals surface area contributed by atoms with E-state index in [-0.39, 0.29) is 11.1 Å². The van der Waals surface area contributed by atoms with Gasteiger partial charge in [0, 0.05) is 0 Å². The Kier molecular flexibility index (Phi) is 25.5. The molecule has 0 saturated heterocycles. The number of aryl methyl sites for hydroxylation is 7. The van der Waals surface area contributed by atoms with Gasteiger partial charge in [0.15, 0.2) is 0 Å². The lowest BCUT2D eigenvalue weighted by Gasteiger charge is -2.16. The highest BCUT2D eigenvalue weighted by molar-refractivity contribution is 5.98. The van der Waals surface area contributed by atoms with Gasteiger partial charge in [-0.2, -0.15) is 0 Å². The largest absolute Gasteiger partial charge is 0.478 e. The maximum absolute atomic E-state index is 11.4. The lowest BCUT2D eigenvalue weighted by atomic mass is 9.88. The SMILES string of the molecule is CC.CC.CC.Cc1cc(-c2ccccc2C(=O)O)c(C)c(C)c1C(=O)O.Cc1cc(C)c(C)c(C)c1C.Cc1ccccc1-c1cc(C)c(C)c(C)c1C.Cc1ccccc1C. The fourth-order valence-corrected chi connectivity index (χ4v) is 7.04. The molecule has 0 aliphatic carbocycles.